The highest BCUT2D eigenvalue weighted by molar-refractivity contribution is 5.94. The number of benzene rings is 3. The second-order valence-electron chi connectivity index (χ2n) is 9.06. The summed E-state index contributed by atoms with van der Waals surface area (Å²) in [5, 5.41) is 7.92. The Morgan fingerprint density at radius 1 is 0.800 bits per heavy atom. The van der Waals surface area contributed by atoms with Gasteiger partial charge >= 0.3 is 0 Å². The lowest BCUT2D eigenvalue weighted by Crippen LogP contribution is -2.52. The van der Waals surface area contributed by atoms with Crippen LogP contribution in [0.2, 0.25) is 0 Å². The highest BCUT2D eigenvalue weighted by Gasteiger charge is 2.23. The monoisotopic (exact) mass is 472 g/mol. The van der Waals surface area contributed by atoms with E-state index in [1.807, 2.05) is 79.4 Å². The Labute approximate surface area is 206 Å². The Kier molecular flexibility index (Phi) is 7.77. The summed E-state index contributed by atoms with van der Waals surface area (Å²) in [5.74, 6) is -0.324. The molecule has 182 valence electrons. The van der Waals surface area contributed by atoms with Gasteiger partial charge in [0.15, 0.2) is 0 Å². The quantitative estimate of drug-likeness (QED) is 0.554. The predicted octanol–water partition coefficient (Wildman–Crippen LogP) is 2.90. The molecule has 35 heavy (non-hydrogen) atoms. The third-order valence-corrected chi connectivity index (χ3v) is 6.51. The summed E-state index contributed by atoms with van der Waals surface area (Å²) in [5.41, 5.74) is 3.89. The average molecular weight is 473 g/mol. The topological polar surface area (TPSA) is 81.8 Å². The zero-order valence-electron chi connectivity index (χ0n) is 20.3. The fourth-order valence-electron chi connectivity index (χ4n) is 4.52. The molecule has 0 saturated carbocycles. The van der Waals surface area contributed by atoms with Gasteiger partial charge in [-0.15, -0.1) is 0 Å². The lowest BCUT2D eigenvalue weighted by molar-refractivity contribution is -0.134. The number of aryl methyl sites for hydroxylation is 2. The molecule has 0 spiro atoms. The van der Waals surface area contributed by atoms with Gasteiger partial charge in [-0.2, -0.15) is 0 Å². The zero-order valence-corrected chi connectivity index (χ0v) is 20.3. The van der Waals surface area contributed by atoms with E-state index >= 15 is 0 Å². The zero-order chi connectivity index (χ0) is 24.8. The summed E-state index contributed by atoms with van der Waals surface area (Å²) >= 11 is 0. The van der Waals surface area contributed by atoms with Crippen LogP contribution in [0.25, 0.3) is 10.8 Å². The Morgan fingerprint density at radius 2 is 1.46 bits per heavy atom. The van der Waals surface area contributed by atoms with Gasteiger partial charge in [0.05, 0.1) is 19.5 Å². The Bertz CT molecular complexity index is 1210. The molecule has 3 aromatic carbocycles. The van der Waals surface area contributed by atoms with Gasteiger partial charge in [-0.3, -0.25) is 19.3 Å². The van der Waals surface area contributed by atoms with Crippen molar-refractivity contribution in [1.29, 1.82) is 0 Å². The van der Waals surface area contributed by atoms with E-state index in [2.05, 4.69) is 10.6 Å². The van der Waals surface area contributed by atoms with Crippen LogP contribution in [0.1, 0.15) is 16.7 Å². The largest absolute Gasteiger partial charge is 0.347 e. The molecule has 3 amide bonds. The van der Waals surface area contributed by atoms with Gasteiger partial charge < -0.3 is 15.5 Å². The summed E-state index contributed by atoms with van der Waals surface area (Å²) < 4.78 is 0. The van der Waals surface area contributed by atoms with Gasteiger partial charge in [-0.05, 0) is 41.3 Å². The summed E-state index contributed by atoms with van der Waals surface area (Å²) in [6.07, 6.45) is 0.234. The number of anilines is 1. The third-order valence-electron chi connectivity index (χ3n) is 6.51. The van der Waals surface area contributed by atoms with Crippen LogP contribution < -0.4 is 10.6 Å². The first kappa shape index (κ1) is 24.4. The Morgan fingerprint density at radius 3 is 2.20 bits per heavy atom. The first-order chi connectivity index (χ1) is 16.9. The molecule has 1 aliphatic heterocycles. The number of amides is 3. The molecule has 1 fully saturated rings. The number of fused-ring (bicyclic) bond motifs is 1. The minimum Gasteiger partial charge on any atom is -0.347 e. The maximum Gasteiger partial charge on any atom is 0.242 e. The summed E-state index contributed by atoms with van der Waals surface area (Å²) in [4.78, 5) is 41.4. The first-order valence-corrected chi connectivity index (χ1v) is 12.0. The van der Waals surface area contributed by atoms with Gasteiger partial charge in [0.1, 0.15) is 0 Å². The summed E-state index contributed by atoms with van der Waals surface area (Å²) in [6, 6.07) is 19.8. The van der Waals surface area contributed by atoms with Crippen LogP contribution in [0.15, 0.2) is 60.7 Å². The van der Waals surface area contributed by atoms with E-state index in [1.165, 1.54) is 0 Å². The molecule has 1 heterocycles. The van der Waals surface area contributed by atoms with Gasteiger partial charge in [0.2, 0.25) is 17.7 Å². The molecule has 7 heteroatoms. The molecule has 0 bridgehead atoms. The van der Waals surface area contributed by atoms with Crippen LogP contribution in [0.5, 0.6) is 0 Å². The van der Waals surface area contributed by atoms with E-state index in [9.17, 15) is 14.4 Å². The van der Waals surface area contributed by atoms with Crippen molar-refractivity contribution in [2.45, 2.75) is 20.3 Å². The molecule has 0 atom stereocenters. The van der Waals surface area contributed by atoms with Crippen molar-refractivity contribution in [1.82, 2.24) is 15.1 Å². The first-order valence-electron chi connectivity index (χ1n) is 12.0. The van der Waals surface area contributed by atoms with E-state index in [4.69, 9.17) is 0 Å². The van der Waals surface area contributed by atoms with Crippen LogP contribution in [0.3, 0.4) is 0 Å². The lowest BCUT2D eigenvalue weighted by atomic mass is 10.0. The fourth-order valence-corrected chi connectivity index (χ4v) is 4.52. The number of para-hydroxylation sites is 1. The van der Waals surface area contributed by atoms with Crippen molar-refractivity contribution in [2.24, 2.45) is 0 Å². The number of piperazine rings is 1. The Hall–Kier alpha value is -3.71. The molecule has 7 nitrogen and oxygen atoms in total. The smallest absolute Gasteiger partial charge is 0.242 e. The average Bonchev–Trinajstić information content (AvgIpc) is 2.85. The normalized spacial score (nSPS) is 14.1. The van der Waals surface area contributed by atoms with Crippen LogP contribution in [-0.2, 0) is 20.8 Å². The number of carbonyl (C=O) groups is 3. The standard InChI is InChI=1S/C28H32N4O3/c1-20-7-5-8-21(2)28(20)30-26(34)19-31-13-15-32(16-14-31)27(35)18-29-25(33)17-23-11-6-10-22-9-3-4-12-24(22)23/h3-12H,13-19H2,1-2H3,(H,29,33)(H,30,34). The summed E-state index contributed by atoms with van der Waals surface area (Å²) in [6.45, 7) is 6.55. The van der Waals surface area contributed by atoms with Crippen molar-refractivity contribution in [3.05, 3.63) is 77.4 Å². The van der Waals surface area contributed by atoms with Crippen molar-refractivity contribution in [2.75, 3.05) is 44.6 Å². The molecular weight excluding hydrogens is 440 g/mol. The van der Waals surface area contributed by atoms with E-state index in [1.54, 1.807) is 4.90 Å². The van der Waals surface area contributed by atoms with Crippen LogP contribution in [-0.4, -0.2) is 66.8 Å². The van der Waals surface area contributed by atoms with E-state index < -0.39 is 0 Å². The molecule has 2 N–H and O–H groups in total. The van der Waals surface area contributed by atoms with Crippen LogP contribution >= 0.6 is 0 Å². The molecule has 1 saturated heterocycles. The van der Waals surface area contributed by atoms with Gasteiger partial charge in [0.25, 0.3) is 0 Å². The minimum atomic E-state index is -0.170. The minimum absolute atomic E-state index is 0.0172. The van der Waals surface area contributed by atoms with Crippen molar-refractivity contribution in [3.63, 3.8) is 0 Å². The number of carbonyl (C=O) groups excluding carboxylic acids is 3. The SMILES string of the molecule is Cc1cccc(C)c1NC(=O)CN1CCN(C(=O)CNC(=O)Cc2cccc3ccccc23)CC1. The lowest BCUT2D eigenvalue weighted by Gasteiger charge is -2.34. The van der Waals surface area contributed by atoms with E-state index in [0.29, 0.717) is 26.2 Å². The molecule has 1 aliphatic rings. The summed E-state index contributed by atoms with van der Waals surface area (Å²) in [7, 11) is 0. The highest BCUT2D eigenvalue weighted by atomic mass is 16.2. The number of hydrogen-bond donors (Lipinski definition) is 2. The molecule has 4 rings (SSSR count). The number of nitrogens with zero attached hydrogens (tertiary/aromatic N) is 2. The van der Waals surface area contributed by atoms with Crippen LogP contribution in [0, 0.1) is 13.8 Å². The number of nitrogens with one attached hydrogen (secondary N) is 2. The van der Waals surface area contributed by atoms with Crippen molar-refractivity contribution < 1.29 is 14.4 Å². The second-order valence-corrected chi connectivity index (χ2v) is 9.06. The van der Waals surface area contributed by atoms with Crippen LogP contribution in [0.4, 0.5) is 5.69 Å². The predicted molar refractivity (Wildman–Crippen MR) is 138 cm³/mol. The molecule has 0 radical (unpaired) electrons. The van der Waals surface area contributed by atoms with Crippen molar-refractivity contribution in [3.8, 4) is 0 Å². The van der Waals surface area contributed by atoms with Gasteiger partial charge in [-0.1, -0.05) is 60.7 Å². The third kappa shape index (κ3) is 6.25. The highest BCUT2D eigenvalue weighted by Crippen LogP contribution is 2.20. The van der Waals surface area contributed by atoms with Crippen molar-refractivity contribution >= 4 is 34.2 Å². The van der Waals surface area contributed by atoms with E-state index in [0.717, 1.165) is 33.2 Å². The molecule has 0 unspecified atom stereocenters. The molecule has 0 aliphatic carbocycles. The second kappa shape index (κ2) is 11.1. The number of hydrogen-bond acceptors (Lipinski definition) is 4. The maximum atomic E-state index is 12.6. The molecule has 3 aromatic rings. The maximum absolute atomic E-state index is 12.6. The molecular formula is C28H32N4O3. The van der Waals surface area contributed by atoms with Gasteiger partial charge in [-0.25, -0.2) is 0 Å². The van der Waals surface area contributed by atoms with Gasteiger partial charge in [0, 0.05) is 31.9 Å². The van der Waals surface area contributed by atoms with E-state index in [-0.39, 0.29) is 37.2 Å². The number of rotatable bonds is 7. The fraction of sp³-hybridized carbons (Fsp3) is 0.321. The molecule has 0 aromatic heterocycles. The Balaban J connectivity index is 1.20.